The first-order valence-corrected chi connectivity index (χ1v) is 8.16. The lowest BCUT2D eigenvalue weighted by Gasteiger charge is -2.17. The van der Waals surface area contributed by atoms with Crippen molar-refractivity contribution in [2.24, 2.45) is 4.99 Å². The normalized spacial score (nSPS) is 12.4. The Bertz CT molecular complexity index is 746. The molecular weight excluding hydrogens is 329 g/mol. The molecule has 0 aliphatic carbocycles. The first kappa shape index (κ1) is 18.3. The molecule has 128 valence electrons. The predicted octanol–water partition coefficient (Wildman–Crippen LogP) is 5.72. The van der Waals surface area contributed by atoms with E-state index in [2.05, 4.69) is 4.99 Å². The average Bonchev–Trinajstić information content (AvgIpc) is 2.57. The molecule has 2 aromatic rings. The molecule has 0 N–H and O–H groups in total. The fraction of sp³-hybridized carbons (Fsp3) is 0.316. The minimum atomic E-state index is -0.245. The molecule has 0 heterocycles. The van der Waals surface area contributed by atoms with Gasteiger partial charge in [-0.1, -0.05) is 18.5 Å². The van der Waals surface area contributed by atoms with Crippen LogP contribution >= 0.6 is 11.6 Å². The Labute approximate surface area is 147 Å². The molecule has 5 heteroatoms. The van der Waals surface area contributed by atoms with Gasteiger partial charge in [-0.25, -0.2) is 4.39 Å². The zero-order chi connectivity index (χ0) is 17.7. The molecule has 0 fully saturated rings. The molecule has 0 radical (unpaired) electrons. The Morgan fingerprint density at radius 3 is 2.67 bits per heavy atom. The zero-order valence-electron chi connectivity index (χ0n) is 14.3. The summed E-state index contributed by atoms with van der Waals surface area (Å²) in [6.45, 7) is 5.72. The standard InChI is InChI=1S/C19H21ClFNO2/c1-5-13(3)24-19-16(20)9-14(10-18(19)23-4)11-22-15-6-7-17(21)12(2)8-15/h6-11,13H,5H2,1-4H3/t13-/m1/s1. The van der Waals surface area contributed by atoms with Gasteiger partial charge in [0.15, 0.2) is 11.5 Å². The smallest absolute Gasteiger partial charge is 0.180 e. The van der Waals surface area contributed by atoms with Crippen LogP contribution in [0.25, 0.3) is 0 Å². The van der Waals surface area contributed by atoms with Gasteiger partial charge >= 0.3 is 0 Å². The summed E-state index contributed by atoms with van der Waals surface area (Å²) in [5.74, 6) is 0.841. The van der Waals surface area contributed by atoms with Crippen LogP contribution in [0.4, 0.5) is 10.1 Å². The van der Waals surface area contributed by atoms with Crippen LogP contribution in [0.3, 0.4) is 0 Å². The maximum Gasteiger partial charge on any atom is 0.180 e. The molecule has 24 heavy (non-hydrogen) atoms. The number of nitrogens with zero attached hydrogens (tertiary/aromatic N) is 1. The van der Waals surface area contributed by atoms with E-state index in [4.69, 9.17) is 21.1 Å². The number of hydrogen-bond donors (Lipinski definition) is 0. The van der Waals surface area contributed by atoms with Gasteiger partial charge in [0.25, 0.3) is 0 Å². The van der Waals surface area contributed by atoms with Gasteiger partial charge in [0.05, 0.1) is 23.9 Å². The van der Waals surface area contributed by atoms with Gasteiger partial charge in [0, 0.05) is 6.21 Å². The summed E-state index contributed by atoms with van der Waals surface area (Å²) in [6, 6.07) is 8.28. The quantitative estimate of drug-likeness (QED) is 0.624. The molecule has 0 aliphatic heterocycles. The van der Waals surface area contributed by atoms with Gasteiger partial charge in [-0.2, -0.15) is 0 Å². The molecule has 0 saturated heterocycles. The molecule has 1 atom stereocenters. The second-order valence-corrected chi connectivity index (χ2v) is 5.97. The number of hydrogen-bond acceptors (Lipinski definition) is 3. The zero-order valence-corrected chi connectivity index (χ0v) is 15.0. The molecule has 0 saturated carbocycles. The van der Waals surface area contributed by atoms with Crippen LogP contribution in [-0.4, -0.2) is 19.4 Å². The summed E-state index contributed by atoms with van der Waals surface area (Å²) < 4.78 is 24.5. The molecule has 2 aromatic carbocycles. The van der Waals surface area contributed by atoms with Crippen LogP contribution in [-0.2, 0) is 0 Å². The lowest BCUT2D eigenvalue weighted by molar-refractivity contribution is 0.208. The van der Waals surface area contributed by atoms with E-state index in [1.807, 2.05) is 19.9 Å². The third-order valence-corrected chi connectivity index (χ3v) is 3.93. The van der Waals surface area contributed by atoms with Crippen LogP contribution in [0, 0.1) is 12.7 Å². The van der Waals surface area contributed by atoms with Crippen molar-refractivity contribution in [1.82, 2.24) is 0 Å². The van der Waals surface area contributed by atoms with Crippen molar-refractivity contribution in [2.75, 3.05) is 7.11 Å². The number of ether oxygens (including phenoxy) is 2. The Hall–Kier alpha value is -2.07. The van der Waals surface area contributed by atoms with E-state index < -0.39 is 0 Å². The second kappa shape index (κ2) is 8.15. The molecule has 0 aromatic heterocycles. The molecule has 2 rings (SSSR count). The molecule has 0 aliphatic rings. The van der Waals surface area contributed by atoms with Gasteiger partial charge in [-0.3, -0.25) is 4.99 Å². The van der Waals surface area contributed by atoms with Crippen LogP contribution in [0.5, 0.6) is 11.5 Å². The van der Waals surface area contributed by atoms with E-state index in [-0.39, 0.29) is 11.9 Å². The van der Waals surface area contributed by atoms with Crippen molar-refractivity contribution in [3.63, 3.8) is 0 Å². The van der Waals surface area contributed by atoms with E-state index in [0.29, 0.717) is 27.8 Å². The molecule has 3 nitrogen and oxygen atoms in total. The summed E-state index contributed by atoms with van der Waals surface area (Å²) in [5.41, 5.74) is 2.00. The van der Waals surface area contributed by atoms with Gasteiger partial charge < -0.3 is 9.47 Å². The third kappa shape index (κ3) is 4.48. The summed E-state index contributed by atoms with van der Waals surface area (Å²) in [7, 11) is 1.57. The molecular formula is C19H21ClFNO2. The van der Waals surface area contributed by atoms with E-state index in [1.165, 1.54) is 6.07 Å². The number of rotatable bonds is 6. The van der Waals surface area contributed by atoms with Crippen molar-refractivity contribution in [1.29, 1.82) is 0 Å². The third-order valence-electron chi connectivity index (χ3n) is 3.65. The fourth-order valence-corrected chi connectivity index (χ4v) is 2.34. The van der Waals surface area contributed by atoms with Gasteiger partial charge in [-0.15, -0.1) is 0 Å². The molecule has 0 unspecified atom stereocenters. The largest absolute Gasteiger partial charge is 0.493 e. The highest BCUT2D eigenvalue weighted by molar-refractivity contribution is 6.32. The van der Waals surface area contributed by atoms with Gasteiger partial charge in [0.1, 0.15) is 5.82 Å². The van der Waals surface area contributed by atoms with Crippen molar-refractivity contribution in [2.45, 2.75) is 33.3 Å². The van der Waals surface area contributed by atoms with Crippen LogP contribution in [0.15, 0.2) is 35.3 Å². The lowest BCUT2D eigenvalue weighted by atomic mass is 10.2. The minimum absolute atomic E-state index is 0.0399. The highest BCUT2D eigenvalue weighted by Crippen LogP contribution is 2.37. The van der Waals surface area contributed by atoms with E-state index in [1.54, 1.807) is 38.4 Å². The molecule has 0 spiro atoms. The minimum Gasteiger partial charge on any atom is -0.493 e. The topological polar surface area (TPSA) is 30.8 Å². The average molecular weight is 350 g/mol. The van der Waals surface area contributed by atoms with Crippen molar-refractivity contribution in [3.8, 4) is 11.5 Å². The highest BCUT2D eigenvalue weighted by Gasteiger charge is 2.14. The first-order valence-electron chi connectivity index (χ1n) is 7.79. The first-order chi connectivity index (χ1) is 11.4. The van der Waals surface area contributed by atoms with Crippen molar-refractivity contribution in [3.05, 3.63) is 52.3 Å². The van der Waals surface area contributed by atoms with Gasteiger partial charge in [-0.05, 0) is 61.7 Å². The predicted molar refractivity (Wildman–Crippen MR) is 96.8 cm³/mol. The number of halogens is 2. The van der Waals surface area contributed by atoms with Crippen LogP contribution in [0.1, 0.15) is 31.4 Å². The van der Waals surface area contributed by atoms with Crippen molar-refractivity contribution < 1.29 is 13.9 Å². The molecule has 0 bridgehead atoms. The SMILES string of the molecule is CC[C@@H](C)Oc1c(Cl)cc(C=Nc2ccc(F)c(C)c2)cc1OC. The summed E-state index contributed by atoms with van der Waals surface area (Å²) in [4.78, 5) is 4.36. The summed E-state index contributed by atoms with van der Waals surface area (Å²) in [5, 5.41) is 0.464. The number of methoxy groups -OCH3 is 1. The summed E-state index contributed by atoms with van der Waals surface area (Å²) in [6.07, 6.45) is 2.57. The number of benzene rings is 2. The Morgan fingerprint density at radius 2 is 2.04 bits per heavy atom. The maximum atomic E-state index is 13.3. The Balaban J connectivity index is 2.29. The second-order valence-electron chi connectivity index (χ2n) is 5.56. The van der Waals surface area contributed by atoms with Crippen molar-refractivity contribution >= 4 is 23.5 Å². The van der Waals surface area contributed by atoms with Crippen LogP contribution < -0.4 is 9.47 Å². The number of aryl methyl sites for hydroxylation is 1. The monoisotopic (exact) mass is 349 g/mol. The summed E-state index contributed by atoms with van der Waals surface area (Å²) >= 11 is 6.33. The fourth-order valence-electron chi connectivity index (χ4n) is 2.07. The Kier molecular flexibility index (Phi) is 6.21. The molecule has 0 amide bonds. The lowest BCUT2D eigenvalue weighted by Crippen LogP contribution is -2.11. The highest BCUT2D eigenvalue weighted by atomic mass is 35.5. The van der Waals surface area contributed by atoms with Crippen LogP contribution in [0.2, 0.25) is 5.02 Å². The van der Waals surface area contributed by atoms with E-state index in [9.17, 15) is 4.39 Å². The van der Waals surface area contributed by atoms with Gasteiger partial charge in [0.2, 0.25) is 0 Å². The van der Waals surface area contributed by atoms with E-state index >= 15 is 0 Å². The maximum absolute atomic E-state index is 13.3. The number of aliphatic imine (C=N–C) groups is 1. The van der Waals surface area contributed by atoms with E-state index in [0.717, 1.165) is 12.0 Å². The Morgan fingerprint density at radius 1 is 1.29 bits per heavy atom.